The van der Waals surface area contributed by atoms with Crippen LogP contribution in [0.2, 0.25) is 0 Å². The Balaban J connectivity index is 4.19. The van der Waals surface area contributed by atoms with Crippen molar-refractivity contribution in [3.05, 3.63) is 58.2 Å². The van der Waals surface area contributed by atoms with Crippen molar-refractivity contribution in [3.8, 4) is 0 Å². The number of rotatable bonds is 12. The Hall–Kier alpha value is -1.34. The van der Waals surface area contributed by atoms with Crippen molar-refractivity contribution in [2.24, 2.45) is 0 Å². The van der Waals surface area contributed by atoms with Gasteiger partial charge in [-0.2, -0.15) is 0 Å². The summed E-state index contributed by atoms with van der Waals surface area (Å²) in [5.74, 6) is 0. The Morgan fingerprint density at radius 3 is 1.54 bits per heavy atom. The predicted octanol–water partition coefficient (Wildman–Crippen LogP) is 7.85. The van der Waals surface area contributed by atoms with Gasteiger partial charge in [0.2, 0.25) is 0 Å². The average Bonchev–Trinajstić information content (AvgIpc) is 2.52. The topological polar surface area (TPSA) is 20.2 Å². The SMILES string of the molecule is CC(C)=CCCC(C)=CCCC(C)=CCC(O)C=C(C)CCC=C(C)C. The first-order chi connectivity index (χ1) is 12.2. The van der Waals surface area contributed by atoms with Gasteiger partial charge in [0.25, 0.3) is 0 Å². The van der Waals surface area contributed by atoms with Gasteiger partial charge in [-0.15, -0.1) is 0 Å². The molecule has 1 N–H and O–H groups in total. The van der Waals surface area contributed by atoms with Crippen LogP contribution in [0, 0.1) is 0 Å². The molecule has 0 fully saturated rings. The molecule has 0 aromatic heterocycles. The van der Waals surface area contributed by atoms with E-state index in [4.69, 9.17) is 0 Å². The molecule has 0 aromatic carbocycles. The van der Waals surface area contributed by atoms with Gasteiger partial charge in [-0.1, -0.05) is 58.2 Å². The van der Waals surface area contributed by atoms with Crippen LogP contribution in [0.5, 0.6) is 0 Å². The molecule has 26 heavy (non-hydrogen) atoms. The lowest BCUT2D eigenvalue weighted by atomic mass is 10.0. The van der Waals surface area contributed by atoms with Gasteiger partial charge in [0, 0.05) is 0 Å². The second-order valence-corrected chi connectivity index (χ2v) is 8.10. The Morgan fingerprint density at radius 1 is 0.615 bits per heavy atom. The summed E-state index contributed by atoms with van der Waals surface area (Å²) in [6.45, 7) is 15.1. The minimum atomic E-state index is -0.363. The van der Waals surface area contributed by atoms with E-state index < -0.39 is 0 Å². The maximum Gasteiger partial charge on any atom is 0.0757 e. The first-order valence-electron chi connectivity index (χ1n) is 10.1. The van der Waals surface area contributed by atoms with Crippen LogP contribution in [-0.2, 0) is 0 Å². The third kappa shape index (κ3) is 16.1. The molecule has 0 bridgehead atoms. The van der Waals surface area contributed by atoms with Crippen molar-refractivity contribution in [2.45, 2.75) is 99.5 Å². The van der Waals surface area contributed by atoms with Crippen molar-refractivity contribution < 1.29 is 5.11 Å². The molecule has 0 aliphatic heterocycles. The van der Waals surface area contributed by atoms with Gasteiger partial charge in [-0.3, -0.25) is 0 Å². The molecular formula is C25H42O. The lowest BCUT2D eigenvalue weighted by Gasteiger charge is -2.06. The average molecular weight is 359 g/mol. The molecule has 0 aliphatic rings. The number of aliphatic hydroxyl groups excluding tert-OH is 1. The highest BCUT2D eigenvalue weighted by atomic mass is 16.3. The first-order valence-corrected chi connectivity index (χ1v) is 10.1. The minimum absolute atomic E-state index is 0.363. The molecule has 0 rings (SSSR count). The molecule has 0 saturated heterocycles. The van der Waals surface area contributed by atoms with Crippen LogP contribution in [-0.4, -0.2) is 11.2 Å². The van der Waals surface area contributed by atoms with E-state index >= 15 is 0 Å². The van der Waals surface area contributed by atoms with Crippen LogP contribution < -0.4 is 0 Å². The van der Waals surface area contributed by atoms with E-state index in [-0.39, 0.29) is 6.10 Å². The second kappa shape index (κ2) is 14.8. The fraction of sp³-hybridized carbons (Fsp3) is 0.600. The second-order valence-electron chi connectivity index (χ2n) is 8.10. The smallest absolute Gasteiger partial charge is 0.0757 e. The summed E-state index contributed by atoms with van der Waals surface area (Å²) >= 11 is 0. The number of allylic oxidation sites excluding steroid dienone is 8. The Labute approximate surface area is 163 Å². The quantitative estimate of drug-likeness (QED) is 0.352. The summed E-state index contributed by atoms with van der Waals surface area (Å²) in [6, 6.07) is 0. The van der Waals surface area contributed by atoms with Crippen molar-refractivity contribution in [1.29, 1.82) is 0 Å². The highest BCUT2D eigenvalue weighted by Gasteiger charge is 2.00. The molecule has 0 radical (unpaired) electrons. The zero-order chi connectivity index (χ0) is 19.9. The molecule has 1 nitrogen and oxygen atoms in total. The lowest BCUT2D eigenvalue weighted by molar-refractivity contribution is 0.225. The van der Waals surface area contributed by atoms with Gasteiger partial charge >= 0.3 is 0 Å². The monoisotopic (exact) mass is 358 g/mol. The maximum atomic E-state index is 10.2. The predicted molar refractivity (Wildman–Crippen MR) is 118 cm³/mol. The van der Waals surface area contributed by atoms with Crippen LogP contribution in [0.15, 0.2) is 58.2 Å². The number of hydrogen-bond donors (Lipinski definition) is 1. The molecule has 1 unspecified atom stereocenters. The summed E-state index contributed by atoms with van der Waals surface area (Å²) < 4.78 is 0. The Bertz CT molecular complexity index is 533. The highest BCUT2D eigenvalue weighted by Crippen LogP contribution is 2.14. The zero-order valence-electron chi connectivity index (χ0n) is 18.4. The van der Waals surface area contributed by atoms with Crippen LogP contribution in [0.1, 0.15) is 93.4 Å². The van der Waals surface area contributed by atoms with Crippen molar-refractivity contribution in [2.75, 3.05) is 0 Å². The summed E-state index contributed by atoms with van der Waals surface area (Å²) in [6.07, 6.45) is 18.0. The standard InChI is InChI=1S/C25H42O/c1-20(2)11-8-13-22(5)14-10-15-23(6)17-18-25(26)19-24(7)16-9-12-21(3)4/h11-12,14,17,19,25-26H,8-10,13,15-16,18H2,1-7H3. The van der Waals surface area contributed by atoms with E-state index in [1.54, 1.807) is 0 Å². The summed E-state index contributed by atoms with van der Waals surface area (Å²) in [5, 5.41) is 10.2. The molecule has 1 atom stereocenters. The van der Waals surface area contributed by atoms with Crippen molar-refractivity contribution in [1.82, 2.24) is 0 Å². The van der Waals surface area contributed by atoms with Gasteiger partial charge in [-0.05, 0) is 93.4 Å². The first kappa shape index (κ1) is 24.7. The van der Waals surface area contributed by atoms with E-state index in [2.05, 4.69) is 72.8 Å². The molecule has 1 heteroatoms. The van der Waals surface area contributed by atoms with E-state index in [1.165, 1.54) is 27.9 Å². The summed E-state index contributed by atoms with van der Waals surface area (Å²) in [7, 11) is 0. The Kier molecular flexibility index (Phi) is 14.0. The maximum absolute atomic E-state index is 10.2. The third-order valence-electron chi connectivity index (χ3n) is 4.40. The normalized spacial score (nSPS) is 14.2. The molecule has 0 amide bonds. The van der Waals surface area contributed by atoms with Gasteiger partial charge in [0.1, 0.15) is 0 Å². The van der Waals surface area contributed by atoms with Gasteiger partial charge in [0.05, 0.1) is 6.10 Å². The summed E-state index contributed by atoms with van der Waals surface area (Å²) in [5.41, 5.74) is 6.88. The fourth-order valence-corrected chi connectivity index (χ4v) is 2.73. The molecule has 0 spiro atoms. The number of aliphatic hydroxyl groups is 1. The van der Waals surface area contributed by atoms with Crippen LogP contribution >= 0.6 is 0 Å². The van der Waals surface area contributed by atoms with Gasteiger partial charge in [-0.25, -0.2) is 0 Å². The minimum Gasteiger partial charge on any atom is -0.389 e. The third-order valence-corrected chi connectivity index (χ3v) is 4.40. The van der Waals surface area contributed by atoms with Crippen LogP contribution in [0.25, 0.3) is 0 Å². The zero-order valence-corrected chi connectivity index (χ0v) is 18.4. The van der Waals surface area contributed by atoms with E-state index in [9.17, 15) is 5.11 Å². The van der Waals surface area contributed by atoms with Crippen molar-refractivity contribution in [3.63, 3.8) is 0 Å². The van der Waals surface area contributed by atoms with Crippen molar-refractivity contribution >= 4 is 0 Å². The fourth-order valence-electron chi connectivity index (χ4n) is 2.73. The van der Waals surface area contributed by atoms with Gasteiger partial charge < -0.3 is 5.11 Å². The molecule has 0 heterocycles. The van der Waals surface area contributed by atoms with E-state index in [0.717, 1.165) is 44.9 Å². The number of hydrogen-bond acceptors (Lipinski definition) is 1. The van der Waals surface area contributed by atoms with Crippen LogP contribution in [0.4, 0.5) is 0 Å². The molecular weight excluding hydrogens is 316 g/mol. The van der Waals surface area contributed by atoms with E-state index in [1.807, 2.05) is 6.08 Å². The largest absolute Gasteiger partial charge is 0.389 e. The highest BCUT2D eigenvalue weighted by molar-refractivity contribution is 5.09. The molecule has 0 saturated carbocycles. The van der Waals surface area contributed by atoms with Gasteiger partial charge in [0.15, 0.2) is 0 Å². The molecule has 0 aliphatic carbocycles. The Morgan fingerprint density at radius 2 is 1.04 bits per heavy atom. The van der Waals surface area contributed by atoms with Crippen LogP contribution in [0.3, 0.4) is 0 Å². The lowest BCUT2D eigenvalue weighted by Crippen LogP contribution is -2.01. The molecule has 0 aromatic rings. The summed E-state index contributed by atoms with van der Waals surface area (Å²) in [4.78, 5) is 0. The van der Waals surface area contributed by atoms with E-state index in [0.29, 0.717) is 0 Å². The molecule has 148 valence electrons.